The van der Waals surface area contributed by atoms with E-state index in [0.29, 0.717) is 0 Å². The number of piperidine rings is 1. The van der Waals surface area contributed by atoms with Crippen LogP contribution in [0.2, 0.25) is 0 Å². The number of nitrogens with zero attached hydrogens (tertiary/aromatic N) is 2. The lowest BCUT2D eigenvalue weighted by molar-refractivity contribution is -0.0503. The first kappa shape index (κ1) is 17.4. The van der Waals surface area contributed by atoms with Crippen LogP contribution in [-0.2, 0) is 4.74 Å². The van der Waals surface area contributed by atoms with E-state index >= 15 is 0 Å². The molecule has 5 nitrogen and oxygen atoms in total. The van der Waals surface area contributed by atoms with Crippen molar-refractivity contribution < 1.29 is 14.6 Å². The summed E-state index contributed by atoms with van der Waals surface area (Å²) in [5, 5.41) is 10.5. The molecule has 2 aliphatic heterocycles. The van der Waals surface area contributed by atoms with Gasteiger partial charge >= 0.3 is 0 Å². The summed E-state index contributed by atoms with van der Waals surface area (Å²) in [6.07, 6.45) is 5.05. The molecule has 5 heteroatoms. The van der Waals surface area contributed by atoms with Crippen LogP contribution in [0, 0.1) is 0 Å². The minimum atomic E-state index is -0.272. The van der Waals surface area contributed by atoms with Gasteiger partial charge in [0, 0.05) is 38.8 Å². The molecule has 1 aromatic carbocycles. The Kier molecular flexibility index (Phi) is 6.26. The van der Waals surface area contributed by atoms with Crippen molar-refractivity contribution in [3.63, 3.8) is 0 Å². The van der Waals surface area contributed by atoms with Crippen molar-refractivity contribution in [1.82, 2.24) is 9.80 Å². The fourth-order valence-corrected chi connectivity index (χ4v) is 3.54. The second-order valence-electron chi connectivity index (χ2n) is 6.51. The smallest absolute Gasteiger partial charge is 0.118 e. The second kappa shape index (κ2) is 8.62. The van der Waals surface area contributed by atoms with E-state index < -0.39 is 0 Å². The molecule has 1 aromatic rings. The Morgan fingerprint density at radius 2 is 1.96 bits per heavy atom. The van der Waals surface area contributed by atoms with Crippen LogP contribution in [0.15, 0.2) is 30.3 Å². The maximum absolute atomic E-state index is 10.5. The number of aliphatic hydroxyl groups is 1. The van der Waals surface area contributed by atoms with Crippen molar-refractivity contribution in [2.75, 3.05) is 53.0 Å². The van der Waals surface area contributed by atoms with Crippen LogP contribution in [0.3, 0.4) is 0 Å². The zero-order valence-corrected chi connectivity index (χ0v) is 14.4. The van der Waals surface area contributed by atoms with Gasteiger partial charge in [-0.3, -0.25) is 9.80 Å². The molecule has 0 spiro atoms. The van der Waals surface area contributed by atoms with Crippen molar-refractivity contribution >= 4 is 6.08 Å². The second-order valence-corrected chi connectivity index (χ2v) is 6.51. The molecule has 3 rings (SSSR count). The third kappa shape index (κ3) is 4.57. The number of aliphatic hydroxyl groups excluding tert-OH is 1. The minimum absolute atomic E-state index is 0.272. The molecule has 0 aliphatic carbocycles. The van der Waals surface area contributed by atoms with Crippen molar-refractivity contribution in [3.8, 4) is 5.75 Å². The van der Waals surface area contributed by atoms with Gasteiger partial charge in [0.1, 0.15) is 5.75 Å². The number of hydrogen-bond acceptors (Lipinski definition) is 5. The molecule has 2 aliphatic rings. The number of β-amino-alcohol motifs (C(OH)–C–C–N with tert-alkyl or cyclic N) is 1. The first-order valence-electron chi connectivity index (χ1n) is 8.79. The Labute approximate surface area is 144 Å². The average Bonchev–Trinajstić information content (AvgIpc) is 2.63. The molecule has 24 heavy (non-hydrogen) atoms. The molecule has 132 valence electrons. The van der Waals surface area contributed by atoms with Crippen molar-refractivity contribution in [3.05, 3.63) is 35.9 Å². The third-order valence-electron chi connectivity index (χ3n) is 4.93. The number of rotatable bonds is 5. The van der Waals surface area contributed by atoms with E-state index in [9.17, 15) is 5.11 Å². The summed E-state index contributed by atoms with van der Waals surface area (Å²) >= 11 is 0. The van der Waals surface area contributed by atoms with Gasteiger partial charge in [-0.25, -0.2) is 0 Å². The molecular weight excluding hydrogens is 304 g/mol. The lowest BCUT2D eigenvalue weighted by atomic mass is 9.99. The summed E-state index contributed by atoms with van der Waals surface area (Å²) in [6, 6.07) is 8.33. The Morgan fingerprint density at radius 3 is 2.62 bits per heavy atom. The number of methoxy groups -OCH3 is 1. The maximum Gasteiger partial charge on any atom is 0.118 e. The standard InChI is InChI=1S/C19H28N2O3/c1-23-17-6-4-16(5-7-17)3-2-9-20-10-8-18(19(22)15-20)21-11-13-24-14-12-21/h2-7,18-19,22H,8-15H2,1H3/t18-,19-/m1/s1. The summed E-state index contributed by atoms with van der Waals surface area (Å²) < 4.78 is 10.6. The third-order valence-corrected chi connectivity index (χ3v) is 4.93. The first-order valence-corrected chi connectivity index (χ1v) is 8.79. The van der Waals surface area contributed by atoms with E-state index in [4.69, 9.17) is 9.47 Å². The summed E-state index contributed by atoms with van der Waals surface area (Å²) in [6.45, 7) is 6.12. The molecule has 0 unspecified atom stereocenters. The number of likely N-dealkylation sites (tertiary alicyclic amines) is 1. The van der Waals surface area contributed by atoms with Gasteiger partial charge in [-0.15, -0.1) is 0 Å². The van der Waals surface area contributed by atoms with E-state index in [1.165, 1.54) is 5.56 Å². The largest absolute Gasteiger partial charge is 0.497 e. The molecule has 0 aromatic heterocycles. The summed E-state index contributed by atoms with van der Waals surface area (Å²) in [4.78, 5) is 4.71. The van der Waals surface area contributed by atoms with Gasteiger partial charge in [-0.2, -0.15) is 0 Å². The van der Waals surface area contributed by atoms with Crippen LogP contribution in [0.25, 0.3) is 6.08 Å². The highest BCUT2D eigenvalue weighted by Crippen LogP contribution is 2.19. The number of morpholine rings is 1. The fourth-order valence-electron chi connectivity index (χ4n) is 3.54. The lowest BCUT2D eigenvalue weighted by Crippen LogP contribution is -2.56. The molecule has 0 amide bonds. The molecule has 0 radical (unpaired) electrons. The van der Waals surface area contributed by atoms with Crippen LogP contribution in [0.5, 0.6) is 5.75 Å². The first-order chi connectivity index (χ1) is 11.8. The van der Waals surface area contributed by atoms with Crippen molar-refractivity contribution in [1.29, 1.82) is 0 Å². The van der Waals surface area contributed by atoms with Crippen LogP contribution >= 0.6 is 0 Å². The van der Waals surface area contributed by atoms with Gasteiger partial charge < -0.3 is 14.6 Å². The van der Waals surface area contributed by atoms with E-state index in [-0.39, 0.29) is 12.1 Å². The summed E-state index contributed by atoms with van der Waals surface area (Å²) in [5.41, 5.74) is 1.17. The van der Waals surface area contributed by atoms with E-state index in [1.54, 1.807) is 7.11 Å². The van der Waals surface area contributed by atoms with Crippen molar-refractivity contribution in [2.45, 2.75) is 18.6 Å². The molecule has 2 saturated heterocycles. The zero-order valence-electron chi connectivity index (χ0n) is 14.4. The minimum Gasteiger partial charge on any atom is -0.497 e. The Hall–Kier alpha value is -1.40. The quantitative estimate of drug-likeness (QED) is 0.885. The molecular formula is C19H28N2O3. The summed E-state index contributed by atoms with van der Waals surface area (Å²) in [5.74, 6) is 0.875. The van der Waals surface area contributed by atoms with Gasteiger partial charge in [-0.1, -0.05) is 24.3 Å². The average molecular weight is 332 g/mol. The highest BCUT2D eigenvalue weighted by molar-refractivity contribution is 5.50. The highest BCUT2D eigenvalue weighted by Gasteiger charge is 2.32. The van der Waals surface area contributed by atoms with Crippen molar-refractivity contribution in [2.24, 2.45) is 0 Å². The highest BCUT2D eigenvalue weighted by atomic mass is 16.5. The SMILES string of the molecule is COc1ccc(C=CCN2CC[C@@H](N3CCOCC3)[C@H](O)C2)cc1. The van der Waals surface area contributed by atoms with Crippen LogP contribution in [0.4, 0.5) is 0 Å². The Balaban J connectivity index is 1.46. The lowest BCUT2D eigenvalue weighted by Gasteiger charge is -2.42. The molecule has 2 heterocycles. The Morgan fingerprint density at radius 1 is 1.21 bits per heavy atom. The van der Waals surface area contributed by atoms with Crippen LogP contribution < -0.4 is 4.74 Å². The molecule has 0 bridgehead atoms. The number of ether oxygens (including phenoxy) is 2. The fraction of sp³-hybridized carbons (Fsp3) is 0.579. The van der Waals surface area contributed by atoms with Crippen LogP contribution in [-0.4, -0.2) is 80.1 Å². The summed E-state index contributed by atoms with van der Waals surface area (Å²) in [7, 11) is 1.68. The van der Waals surface area contributed by atoms with Gasteiger partial charge in [-0.05, 0) is 24.1 Å². The Bertz CT molecular complexity index is 526. The normalized spacial score (nSPS) is 26.8. The topological polar surface area (TPSA) is 45.2 Å². The van der Waals surface area contributed by atoms with Crippen LogP contribution in [0.1, 0.15) is 12.0 Å². The molecule has 2 atom stereocenters. The zero-order chi connectivity index (χ0) is 16.8. The molecule has 1 N–H and O–H groups in total. The predicted octanol–water partition coefficient (Wildman–Crippen LogP) is 1.48. The van der Waals surface area contributed by atoms with Gasteiger partial charge in [0.15, 0.2) is 0 Å². The predicted molar refractivity (Wildman–Crippen MR) is 95.3 cm³/mol. The van der Waals surface area contributed by atoms with Gasteiger partial charge in [0.2, 0.25) is 0 Å². The van der Waals surface area contributed by atoms with E-state index in [1.807, 2.05) is 12.1 Å². The van der Waals surface area contributed by atoms with E-state index in [2.05, 4.69) is 34.1 Å². The number of benzene rings is 1. The monoisotopic (exact) mass is 332 g/mol. The number of hydrogen-bond donors (Lipinski definition) is 1. The molecule has 2 fully saturated rings. The van der Waals surface area contributed by atoms with Gasteiger partial charge in [0.25, 0.3) is 0 Å². The van der Waals surface area contributed by atoms with Gasteiger partial charge in [0.05, 0.1) is 26.4 Å². The molecule has 0 saturated carbocycles. The maximum atomic E-state index is 10.5. The van der Waals surface area contributed by atoms with E-state index in [0.717, 1.165) is 58.1 Å².